The minimum absolute atomic E-state index is 0.194. The molecule has 0 amide bonds. The zero-order chi connectivity index (χ0) is 11.1. The highest BCUT2D eigenvalue weighted by atomic mass is 16.1. The SMILES string of the molecule is CCC(N=C=O)(N=C=O)C1CCCCC1. The summed E-state index contributed by atoms with van der Waals surface area (Å²) in [7, 11) is 0. The Morgan fingerprint density at radius 1 is 1.13 bits per heavy atom. The van der Waals surface area contributed by atoms with Crippen LogP contribution in [0.4, 0.5) is 0 Å². The summed E-state index contributed by atoms with van der Waals surface area (Å²) in [5.74, 6) is 0.194. The van der Waals surface area contributed by atoms with E-state index < -0.39 is 5.66 Å². The Bertz CT molecular complexity index is 278. The Kier molecular flexibility index (Phi) is 4.41. The molecule has 4 nitrogen and oxygen atoms in total. The molecule has 0 N–H and O–H groups in total. The molecular weight excluding hydrogens is 192 g/mol. The summed E-state index contributed by atoms with van der Waals surface area (Å²) in [6, 6.07) is 0. The van der Waals surface area contributed by atoms with E-state index in [1.165, 1.54) is 6.42 Å². The summed E-state index contributed by atoms with van der Waals surface area (Å²) < 4.78 is 0. The molecule has 82 valence electrons. The maximum Gasteiger partial charge on any atom is 0.237 e. The summed E-state index contributed by atoms with van der Waals surface area (Å²) in [6.07, 6.45) is 9.05. The fraction of sp³-hybridized carbons (Fsp3) is 0.818. The summed E-state index contributed by atoms with van der Waals surface area (Å²) in [5.41, 5.74) is -0.885. The molecule has 1 aliphatic rings. The van der Waals surface area contributed by atoms with Crippen LogP contribution in [0.15, 0.2) is 9.98 Å². The van der Waals surface area contributed by atoms with E-state index in [9.17, 15) is 9.59 Å². The average molecular weight is 208 g/mol. The largest absolute Gasteiger partial charge is 0.237 e. The highest BCUT2D eigenvalue weighted by Gasteiger charge is 2.37. The molecule has 1 aliphatic carbocycles. The Labute approximate surface area is 89.5 Å². The van der Waals surface area contributed by atoms with Crippen LogP contribution < -0.4 is 0 Å². The molecule has 0 aromatic carbocycles. The van der Waals surface area contributed by atoms with Crippen molar-refractivity contribution in [1.29, 1.82) is 0 Å². The van der Waals surface area contributed by atoms with Crippen molar-refractivity contribution in [3.63, 3.8) is 0 Å². The predicted molar refractivity (Wildman–Crippen MR) is 55.8 cm³/mol. The first-order valence-corrected chi connectivity index (χ1v) is 5.47. The molecule has 0 spiro atoms. The van der Waals surface area contributed by atoms with Crippen LogP contribution in [0.3, 0.4) is 0 Å². The zero-order valence-corrected chi connectivity index (χ0v) is 9.03. The van der Waals surface area contributed by atoms with Crippen molar-refractivity contribution in [1.82, 2.24) is 0 Å². The molecule has 15 heavy (non-hydrogen) atoms. The molecule has 0 bridgehead atoms. The standard InChI is InChI=1S/C11H16N2O2/c1-2-11(12-8-14,13-9-15)10-6-4-3-5-7-10/h10H,2-7H2,1H3. The van der Waals surface area contributed by atoms with Gasteiger partial charge in [0.1, 0.15) is 0 Å². The van der Waals surface area contributed by atoms with Crippen LogP contribution in [0.2, 0.25) is 0 Å². The molecule has 0 radical (unpaired) electrons. The molecule has 0 unspecified atom stereocenters. The lowest BCUT2D eigenvalue weighted by Gasteiger charge is -2.33. The first-order valence-electron chi connectivity index (χ1n) is 5.47. The van der Waals surface area contributed by atoms with Gasteiger partial charge in [-0.3, -0.25) is 0 Å². The van der Waals surface area contributed by atoms with E-state index in [0.717, 1.165) is 25.7 Å². The summed E-state index contributed by atoms with van der Waals surface area (Å²) in [5, 5.41) is 0. The normalized spacial score (nSPS) is 20.9. The summed E-state index contributed by atoms with van der Waals surface area (Å²) in [4.78, 5) is 28.3. The van der Waals surface area contributed by atoms with Gasteiger partial charge in [0, 0.05) is 5.92 Å². The van der Waals surface area contributed by atoms with E-state index in [2.05, 4.69) is 9.98 Å². The van der Waals surface area contributed by atoms with Gasteiger partial charge >= 0.3 is 0 Å². The molecular formula is C11H16N2O2. The van der Waals surface area contributed by atoms with Crippen molar-refractivity contribution >= 4 is 12.2 Å². The van der Waals surface area contributed by atoms with E-state index in [0.29, 0.717) is 6.42 Å². The van der Waals surface area contributed by atoms with Crippen LogP contribution >= 0.6 is 0 Å². The molecule has 0 aromatic heterocycles. The van der Waals surface area contributed by atoms with Crippen LogP contribution in [0.25, 0.3) is 0 Å². The number of carbonyl (C=O) groups excluding carboxylic acids is 2. The second-order valence-corrected chi connectivity index (χ2v) is 3.97. The second kappa shape index (κ2) is 5.59. The predicted octanol–water partition coefficient (Wildman–Crippen LogP) is 2.34. The molecule has 0 heterocycles. The van der Waals surface area contributed by atoms with Crippen molar-refractivity contribution in [2.45, 2.75) is 51.1 Å². The number of aliphatic imine (C=N–C) groups is 2. The maximum absolute atomic E-state index is 10.4. The minimum atomic E-state index is -0.885. The molecule has 1 saturated carbocycles. The molecule has 4 heteroatoms. The minimum Gasteiger partial charge on any atom is -0.211 e. The third-order valence-electron chi connectivity index (χ3n) is 3.26. The van der Waals surface area contributed by atoms with Crippen molar-refractivity contribution in [2.75, 3.05) is 0 Å². The zero-order valence-electron chi connectivity index (χ0n) is 9.03. The van der Waals surface area contributed by atoms with Gasteiger partial charge < -0.3 is 0 Å². The van der Waals surface area contributed by atoms with E-state index in [4.69, 9.17) is 0 Å². The van der Waals surface area contributed by atoms with Crippen LogP contribution in [-0.4, -0.2) is 17.8 Å². The van der Waals surface area contributed by atoms with Gasteiger partial charge in [0.2, 0.25) is 12.2 Å². The number of hydrogen-bond acceptors (Lipinski definition) is 4. The van der Waals surface area contributed by atoms with Crippen LogP contribution in [0, 0.1) is 5.92 Å². The van der Waals surface area contributed by atoms with Crippen molar-refractivity contribution < 1.29 is 9.59 Å². The fourth-order valence-corrected chi connectivity index (χ4v) is 2.38. The van der Waals surface area contributed by atoms with Gasteiger partial charge in [-0.2, -0.15) is 9.98 Å². The Morgan fingerprint density at radius 2 is 1.67 bits per heavy atom. The topological polar surface area (TPSA) is 58.9 Å². The number of hydrogen-bond donors (Lipinski definition) is 0. The lowest BCUT2D eigenvalue weighted by atomic mass is 9.79. The Balaban J connectivity index is 2.95. The van der Waals surface area contributed by atoms with Gasteiger partial charge in [0.15, 0.2) is 5.66 Å². The monoisotopic (exact) mass is 208 g/mol. The number of nitrogens with zero attached hydrogens (tertiary/aromatic N) is 2. The second-order valence-electron chi connectivity index (χ2n) is 3.97. The molecule has 0 atom stereocenters. The smallest absolute Gasteiger partial charge is 0.211 e. The van der Waals surface area contributed by atoms with E-state index in [-0.39, 0.29) is 5.92 Å². The lowest BCUT2D eigenvalue weighted by Crippen LogP contribution is -2.34. The number of isocyanates is 2. The van der Waals surface area contributed by atoms with Crippen LogP contribution in [0.5, 0.6) is 0 Å². The van der Waals surface area contributed by atoms with Crippen LogP contribution in [0.1, 0.15) is 45.4 Å². The molecule has 1 rings (SSSR count). The third-order valence-corrected chi connectivity index (χ3v) is 3.26. The van der Waals surface area contributed by atoms with Gasteiger partial charge in [-0.05, 0) is 19.3 Å². The highest BCUT2D eigenvalue weighted by Crippen LogP contribution is 2.37. The Morgan fingerprint density at radius 3 is 2.07 bits per heavy atom. The van der Waals surface area contributed by atoms with E-state index in [1.54, 1.807) is 12.2 Å². The number of rotatable bonds is 4. The third kappa shape index (κ3) is 2.62. The Hall–Kier alpha value is -1.24. The molecule has 0 aromatic rings. The van der Waals surface area contributed by atoms with Gasteiger partial charge in [-0.15, -0.1) is 0 Å². The molecule has 1 fully saturated rings. The highest BCUT2D eigenvalue weighted by molar-refractivity contribution is 5.39. The summed E-state index contributed by atoms with van der Waals surface area (Å²) in [6.45, 7) is 1.89. The quantitative estimate of drug-likeness (QED) is 0.526. The van der Waals surface area contributed by atoms with Gasteiger partial charge in [-0.1, -0.05) is 26.2 Å². The van der Waals surface area contributed by atoms with Crippen molar-refractivity contribution in [2.24, 2.45) is 15.9 Å². The average Bonchev–Trinajstić information content (AvgIpc) is 2.30. The van der Waals surface area contributed by atoms with Gasteiger partial charge in [-0.25, -0.2) is 9.59 Å². The first kappa shape index (κ1) is 11.8. The van der Waals surface area contributed by atoms with Crippen LogP contribution in [-0.2, 0) is 9.59 Å². The molecule has 0 aliphatic heterocycles. The fourth-order valence-electron chi connectivity index (χ4n) is 2.38. The summed E-state index contributed by atoms with van der Waals surface area (Å²) >= 11 is 0. The molecule has 0 saturated heterocycles. The first-order chi connectivity index (χ1) is 7.29. The maximum atomic E-state index is 10.4. The van der Waals surface area contributed by atoms with Gasteiger partial charge in [0.25, 0.3) is 0 Å². The van der Waals surface area contributed by atoms with Gasteiger partial charge in [0.05, 0.1) is 0 Å². The lowest BCUT2D eigenvalue weighted by molar-refractivity contribution is 0.208. The van der Waals surface area contributed by atoms with E-state index in [1.807, 2.05) is 6.92 Å². The van der Waals surface area contributed by atoms with Crippen molar-refractivity contribution in [3.05, 3.63) is 0 Å². The van der Waals surface area contributed by atoms with E-state index >= 15 is 0 Å². The van der Waals surface area contributed by atoms with Crippen molar-refractivity contribution in [3.8, 4) is 0 Å².